The van der Waals surface area contributed by atoms with Crippen LogP contribution in [0.1, 0.15) is 59.3 Å². The number of ether oxygens (including phenoxy) is 1. The van der Waals surface area contributed by atoms with Gasteiger partial charge in [-0.15, -0.1) is 0 Å². The molecule has 0 spiro atoms. The van der Waals surface area contributed by atoms with Crippen molar-refractivity contribution < 1.29 is 9.84 Å². The summed E-state index contributed by atoms with van der Waals surface area (Å²) in [5, 5.41) is 10.6. The molecule has 1 aliphatic rings. The summed E-state index contributed by atoms with van der Waals surface area (Å²) in [6.45, 7) is 6.88. The third-order valence-corrected chi connectivity index (χ3v) is 4.91. The van der Waals surface area contributed by atoms with Crippen molar-refractivity contribution in [3.63, 3.8) is 0 Å². The molecular formula is C15H31NO2. The Kier molecular flexibility index (Phi) is 5.63. The molecule has 0 aromatic heterocycles. The van der Waals surface area contributed by atoms with Gasteiger partial charge in [-0.05, 0) is 32.6 Å². The van der Waals surface area contributed by atoms with Crippen molar-refractivity contribution in [1.82, 2.24) is 0 Å². The predicted molar refractivity (Wildman–Crippen MR) is 75.4 cm³/mol. The summed E-state index contributed by atoms with van der Waals surface area (Å²) in [4.78, 5) is 0. The van der Waals surface area contributed by atoms with Gasteiger partial charge in [0, 0.05) is 25.5 Å². The van der Waals surface area contributed by atoms with Crippen LogP contribution in [0.2, 0.25) is 0 Å². The number of aliphatic hydroxyl groups excluding tert-OH is 1. The molecular weight excluding hydrogens is 226 g/mol. The highest BCUT2D eigenvalue weighted by molar-refractivity contribution is 4.94. The maximum atomic E-state index is 10.6. The minimum atomic E-state index is -0.355. The third kappa shape index (κ3) is 3.69. The van der Waals surface area contributed by atoms with E-state index in [1.54, 1.807) is 7.11 Å². The highest BCUT2D eigenvalue weighted by Crippen LogP contribution is 2.44. The molecule has 3 heteroatoms. The lowest BCUT2D eigenvalue weighted by atomic mass is 9.64. The summed E-state index contributed by atoms with van der Waals surface area (Å²) in [5.74, 6) is 0.725. The lowest BCUT2D eigenvalue weighted by Gasteiger charge is -2.45. The standard InChI is InChI=1S/C15H31NO2/c1-5-12-7-6-8-15(9-12,11-16)13(17)10-14(2,3)18-4/h12-13,17H,5-11,16H2,1-4H3. The Hall–Kier alpha value is -0.120. The van der Waals surface area contributed by atoms with Gasteiger partial charge in [0.15, 0.2) is 0 Å². The lowest BCUT2D eigenvalue weighted by Crippen LogP contribution is -2.48. The molecule has 3 N–H and O–H groups in total. The summed E-state index contributed by atoms with van der Waals surface area (Å²) in [7, 11) is 1.71. The van der Waals surface area contributed by atoms with E-state index in [0.717, 1.165) is 18.8 Å². The van der Waals surface area contributed by atoms with Gasteiger partial charge < -0.3 is 15.6 Å². The molecule has 3 nitrogen and oxygen atoms in total. The van der Waals surface area contributed by atoms with Crippen molar-refractivity contribution in [2.45, 2.75) is 71.0 Å². The Morgan fingerprint density at radius 2 is 2.17 bits per heavy atom. The number of hydrogen-bond donors (Lipinski definition) is 2. The first-order valence-corrected chi connectivity index (χ1v) is 7.32. The van der Waals surface area contributed by atoms with Crippen molar-refractivity contribution in [2.75, 3.05) is 13.7 Å². The van der Waals surface area contributed by atoms with Crippen LogP contribution in [0.3, 0.4) is 0 Å². The second kappa shape index (κ2) is 6.36. The molecule has 1 aliphatic carbocycles. The van der Waals surface area contributed by atoms with Crippen LogP contribution in [0.15, 0.2) is 0 Å². The molecule has 3 unspecified atom stereocenters. The molecule has 0 amide bonds. The van der Waals surface area contributed by atoms with Gasteiger partial charge in [0.25, 0.3) is 0 Å². The van der Waals surface area contributed by atoms with E-state index < -0.39 is 0 Å². The number of methoxy groups -OCH3 is 1. The highest BCUT2D eigenvalue weighted by Gasteiger charge is 2.42. The van der Waals surface area contributed by atoms with E-state index in [9.17, 15) is 5.11 Å². The zero-order valence-electron chi connectivity index (χ0n) is 12.5. The van der Waals surface area contributed by atoms with Crippen molar-refractivity contribution in [1.29, 1.82) is 0 Å². The Labute approximate surface area is 112 Å². The van der Waals surface area contributed by atoms with E-state index in [1.807, 2.05) is 13.8 Å². The summed E-state index contributed by atoms with van der Waals surface area (Å²) in [5.41, 5.74) is 5.65. The molecule has 0 radical (unpaired) electrons. The molecule has 0 aromatic rings. The first-order chi connectivity index (χ1) is 8.39. The number of hydrogen-bond acceptors (Lipinski definition) is 3. The average Bonchev–Trinajstić information content (AvgIpc) is 2.38. The van der Waals surface area contributed by atoms with Crippen LogP contribution in [-0.2, 0) is 4.74 Å². The van der Waals surface area contributed by atoms with Crippen LogP contribution in [-0.4, -0.2) is 30.5 Å². The topological polar surface area (TPSA) is 55.5 Å². The van der Waals surface area contributed by atoms with Gasteiger partial charge >= 0.3 is 0 Å². The molecule has 3 atom stereocenters. The molecule has 1 saturated carbocycles. The van der Waals surface area contributed by atoms with Crippen molar-refractivity contribution in [3.05, 3.63) is 0 Å². The van der Waals surface area contributed by atoms with Gasteiger partial charge in [0.1, 0.15) is 0 Å². The number of nitrogens with two attached hydrogens (primary N) is 1. The van der Waals surface area contributed by atoms with Crippen LogP contribution in [0, 0.1) is 11.3 Å². The zero-order chi connectivity index (χ0) is 13.8. The Balaban J connectivity index is 2.74. The molecule has 0 heterocycles. The van der Waals surface area contributed by atoms with Gasteiger partial charge in [-0.1, -0.05) is 26.2 Å². The van der Waals surface area contributed by atoms with Crippen molar-refractivity contribution in [3.8, 4) is 0 Å². The smallest absolute Gasteiger partial charge is 0.0647 e. The Morgan fingerprint density at radius 1 is 1.50 bits per heavy atom. The van der Waals surface area contributed by atoms with Gasteiger partial charge in [-0.3, -0.25) is 0 Å². The van der Waals surface area contributed by atoms with Crippen molar-refractivity contribution >= 4 is 0 Å². The predicted octanol–water partition coefficient (Wildman–Crippen LogP) is 2.71. The fourth-order valence-electron chi connectivity index (χ4n) is 3.26. The van der Waals surface area contributed by atoms with Crippen LogP contribution in [0.4, 0.5) is 0 Å². The highest BCUT2D eigenvalue weighted by atomic mass is 16.5. The van der Waals surface area contributed by atoms with Crippen LogP contribution in [0.25, 0.3) is 0 Å². The number of aliphatic hydroxyl groups is 1. The minimum absolute atomic E-state index is 0.0886. The van der Waals surface area contributed by atoms with Crippen LogP contribution >= 0.6 is 0 Å². The van der Waals surface area contributed by atoms with E-state index in [-0.39, 0.29) is 17.1 Å². The lowest BCUT2D eigenvalue weighted by molar-refractivity contribution is -0.0770. The van der Waals surface area contributed by atoms with Gasteiger partial charge in [0.2, 0.25) is 0 Å². The first kappa shape index (κ1) is 15.9. The van der Waals surface area contributed by atoms with E-state index in [4.69, 9.17) is 10.5 Å². The molecule has 18 heavy (non-hydrogen) atoms. The minimum Gasteiger partial charge on any atom is -0.392 e. The van der Waals surface area contributed by atoms with Crippen molar-refractivity contribution in [2.24, 2.45) is 17.1 Å². The van der Waals surface area contributed by atoms with Crippen LogP contribution < -0.4 is 5.73 Å². The first-order valence-electron chi connectivity index (χ1n) is 7.32. The molecule has 1 rings (SSSR count). The summed E-state index contributed by atoms with van der Waals surface area (Å²) < 4.78 is 5.44. The van der Waals surface area contributed by atoms with E-state index in [1.165, 1.54) is 19.3 Å². The van der Waals surface area contributed by atoms with Gasteiger partial charge in [-0.25, -0.2) is 0 Å². The molecule has 108 valence electrons. The van der Waals surface area contributed by atoms with Crippen LogP contribution in [0.5, 0.6) is 0 Å². The van der Waals surface area contributed by atoms with E-state index in [0.29, 0.717) is 13.0 Å². The Morgan fingerprint density at radius 3 is 2.67 bits per heavy atom. The van der Waals surface area contributed by atoms with E-state index >= 15 is 0 Å². The maximum Gasteiger partial charge on any atom is 0.0647 e. The summed E-state index contributed by atoms with van der Waals surface area (Å²) in [6.07, 6.45) is 6.12. The molecule has 0 aromatic carbocycles. The SMILES string of the molecule is CCC1CCCC(CN)(C(O)CC(C)(C)OC)C1. The Bertz CT molecular complexity index is 255. The molecule has 1 fully saturated rings. The largest absolute Gasteiger partial charge is 0.392 e. The molecule has 0 bridgehead atoms. The fraction of sp³-hybridized carbons (Fsp3) is 1.00. The molecule has 0 saturated heterocycles. The second-order valence-electron chi connectivity index (χ2n) is 6.62. The summed E-state index contributed by atoms with van der Waals surface area (Å²) >= 11 is 0. The van der Waals surface area contributed by atoms with E-state index in [2.05, 4.69) is 6.92 Å². The second-order valence-corrected chi connectivity index (χ2v) is 6.62. The monoisotopic (exact) mass is 257 g/mol. The molecule has 0 aliphatic heterocycles. The fourth-order valence-corrected chi connectivity index (χ4v) is 3.26. The zero-order valence-corrected chi connectivity index (χ0v) is 12.5. The maximum absolute atomic E-state index is 10.6. The quantitative estimate of drug-likeness (QED) is 0.769. The van der Waals surface area contributed by atoms with Gasteiger partial charge in [0.05, 0.1) is 11.7 Å². The summed E-state index contributed by atoms with van der Waals surface area (Å²) in [6, 6.07) is 0. The number of rotatable bonds is 6. The normalized spacial score (nSPS) is 31.3. The third-order valence-electron chi connectivity index (χ3n) is 4.91. The van der Waals surface area contributed by atoms with Gasteiger partial charge in [-0.2, -0.15) is 0 Å². The average molecular weight is 257 g/mol.